The SMILES string of the molecule is CC(C)CC(c1ccc(C(F)(F)F)cc1)c1c(C2CCCC2)nc2c(c1-c1ccc(F)cc1)C(O)CC1(CC1)C2. The van der Waals surface area contributed by atoms with Gasteiger partial charge in [0.15, 0.2) is 0 Å². The molecule has 212 valence electrons. The molecule has 2 fully saturated rings. The van der Waals surface area contributed by atoms with Crippen molar-refractivity contribution >= 4 is 0 Å². The first-order chi connectivity index (χ1) is 19.0. The molecule has 0 aliphatic heterocycles. The zero-order chi connectivity index (χ0) is 28.2. The van der Waals surface area contributed by atoms with E-state index in [1.54, 1.807) is 24.3 Å². The minimum Gasteiger partial charge on any atom is -0.388 e. The van der Waals surface area contributed by atoms with Crippen molar-refractivity contribution in [1.29, 1.82) is 0 Å². The number of hydrogen-bond acceptors (Lipinski definition) is 2. The lowest BCUT2D eigenvalue weighted by atomic mass is 9.72. The number of hydrogen-bond donors (Lipinski definition) is 1. The number of fused-ring (bicyclic) bond motifs is 1. The molecule has 1 aromatic heterocycles. The van der Waals surface area contributed by atoms with Crippen molar-refractivity contribution in [1.82, 2.24) is 4.98 Å². The highest BCUT2D eigenvalue weighted by Gasteiger charge is 2.49. The molecule has 1 heterocycles. The number of nitrogens with zero attached hydrogens (tertiary/aromatic N) is 1. The fraction of sp³-hybridized carbons (Fsp3) is 0.500. The summed E-state index contributed by atoms with van der Waals surface area (Å²) in [6, 6.07) is 12.0. The van der Waals surface area contributed by atoms with Crippen LogP contribution in [-0.4, -0.2) is 10.1 Å². The van der Waals surface area contributed by atoms with Gasteiger partial charge in [-0.2, -0.15) is 13.2 Å². The van der Waals surface area contributed by atoms with Gasteiger partial charge in [-0.1, -0.05) is 51.0 Å². The second-order valence-corrected chi connectivity index (χ2v) is 12.8. The molecule has 0 amide bonds. The summed E-state index contributed by atoms with van der Waals surface area (Å²) in [5.74, 6) is -0.0127. The molecule has 40 heavy (non-hydrogen) atoms. The molecule has 0 saturated heterocycles. The average Bonchev–Trinajstić information content (AvgIpc) is 3.41. The lowest BCUT2D eigenvalue weighted by molar-refractivity contribution is -0.137. The molecule has 2 saturated carbocycles. The molecular weight excluding hydrogens is 514 g/mol. The molecule has 0 bridgehead atoms. The van der Waals surface area contributed by atoms with E-state index >= 15 is 0 Å². The molecule has 2 unspecified atom stereocenters. The normalized spacial score (nSPS) is 21.1. The summed E-state index contributed by atoms with van der Waals surface area (Å²) in [6.07, 6.45) is 3.65. The highest BCUT2D eigenvalue weighted by Crippen LogP contribution is 2.59. The Morgan fingerprint density at radius 2 is 1.62 bits per heavy atom. The zero-order valence-electron chi connectivity index (χ0n) is 23.2. The van der Waals surface area contributed by atoms with E-state index < -0.39 is 17.8 Å². The topological polar surface area (TPSA) is 33.1 Å². The summed E-state index contributed by atoms with van der Waals surface area (Å²) in [4.78, 5) is 5.38. The van der Waals surface area contributed by atoms with Gasteiger partial charge in [0.05, 0.1) is 11.7 Å². The van der Waals surface area contributed by atoms with Gasteiger partial charge in [-0.3, -0.25) is 4.98 Å². The van der Waals surface area contributed by atoms with Gasteiger partial charge in [-0.05, 0) is 103 Å². The van der Waals surface area contributed by atoms with E-state index in [0.29, 0.717) is 6.42 Å². The van der Waals surface area contributed by atoms with E-state index in [2.05, 4.69) is 13.8 Å². The summed E-state index contributed by atoms with van der Waals surface area (Å²) >= 11 is 0. The smallest absolute Gasteiger partial charge is 0.388 e. The molecule has 3 aromatic rings. The number of halogens is 4. The van der Waals surface area contributed by atoms with Gasteiger partial charge >= 0.3 is 6.18 Å². The van der Waals surface area contributed by atoms with E-state index in [4.69, 9.17) is 4.98 Å². The highest BCUT2D eigenvalue weighted by atomic mass is 19.4. The standard InChI is InChI=1S/C34H37F4NO/c1-20(2)17-26(21-7-11-24(12-8-21)34(36,37)38)30-29(22-9-13-25(35)14-10-22)31-27(18-33(15-16-33)19-28(31)40)39-32(30)23-5-3-4-6-23/h7-14,20,23,26,28,40H,3-6,15-19H2,1-2H3. The van der Waals surface area contributed by atoms with Crippen molar-refractivity contribution in [2.24, 2.45) is 11.3 Å². The summed E-state index contributed by atoms with van der Waals surface area (Å²) in [5, 5.41) is 11.6. The first-order valence-electron chi connectivity index (χ1n) is 14.7. The first-order valence-corrected chi connectivity index (χ1v) is 14.7. The Bertz CT molecular complexity index is 1370. The lowest BCUT2D eigenvalue weighted by Gasteiger charge is -2.35. The Kier molecular flexibility index (Phi) is 7.05. The van der Waals surface area contributed by atoms with Gasteiger partial charge in [-0.15, -0.1) is 0 Å². The molecule has 1 spiro atoms. The van der Waals surface area contributed by atoms with Crippen LogP contribution in [0.4, 0.5) is 17.6 Å². The fourth-order valence-electron chi connectivity index (χ4n) is 7.26. The summed E-state index contributed by atoms with van der Waals surface area (Å²) in [6.45, 7) is 4.25. The van der Waals surface area contributed by atoms with Crippen molar-refractivity contribution in [3.05, 3.63) is 88.0 Å². The minimum atomic E-state index is -4.41. The van der Waals surface area contributed by atoms with E-state index in [1.165, 1.54) is 24.3 Å². The van der Waals surface area contributed by atoms with Crippen LogP contribution in [0, 0.1) is 17.2 Å². The fourth-order valence-corrected chi connectivity index (χ4v) is 7.26. The molecule has 2 atom stereocenters. The quantitative estimate of drug-likeness (QED) is 0.310. The zero-order valence-corrected chi connectivity index (χ0v) is 23.2. The Hall–Kier alpha value is -2.73. The maximum absolute atomic E-state index is 14.1. The number of alkyl halides is 3. The predicted octanol–water partition coefficient (Wildman–Crippen LogP) is 9.50. The predicted molar refractivity (Wildman–Crippen MR) is 149 cm³/mol. The highest BCUT2D eigenvalue weighted by molar-refractivity contribution is 5.75. The number of aliphatic hydroxyl groups excluding tert-OH is 1. The number of pyridine rings is 1. The van der Waals surface area contributed by atoms with Gasteiger partial charge in [0, 0.05) is 28.8 Å². The van der Waals surface area contributed by atoms with Gasteiger partial charge < -0.3 is 5.11 Å². The molecular formula is C34H37F4NO. The number of aromatic nitrogens is 1. The van der Waals surface area contributed by atoms with E-state index in [-0.39, 0.29) is 29.0 Å². The third-order valence-electron chi connectivity index (χ3n) is 9.41. The Morgan fingerprint density at radius 3 is 2.20 bits per heavy atom. The van der Waals surface area contributed by atoms with Crippen molar-refractivity contribution in [2.45, 2.75) is 95.8 Å². The van der Waals surface area contributed by atoms with E-state index in [9.17, 15) is 22.7 Å². The van der Waals surface area contributed by atoms with Crippen molar-refractivity contribution < 1.29 is 22.7 Å². The van der Waals surface area contributed by atoms with Crippen LogP contribution in [0.5, 0.6) is 0 Å². The van der Waals surface area contributed by atoms with Gasteiger partial charge in [0.2, 0.25) is 0 Å². The van der Waals surface area contributed by atoms with Crippen LogP contribution in [0.2, 0.25) is 0 Å². The van der Waals surface area contributed by atoms with Crippen LogP contribution in [0.25, 0.3) is 11.1 Å². The van der Waals surface area contributed by atoms with Crippen molar-refractivity contribution in [3.8, 4) is 11.1 Å². The van der Waals surface area contributed by atoms with Crippen LogP contribution >= 0.6 is 0 Å². The monoisotopic (exact) mass is 551 g/mol. The number of aliphatic hydroxyl groups is 1. The van der Waals surface area contributed by atoms with Crippen molar-refractivity contribution in [3.63, 3.8) is 0 Å². The summed E-state index contributed by atoms with van der Waals surface area (Å²) in [7, 11) is 0. The molecule has 6 rings (SSSR count). The second-order valence-electron chi connectivity index (χ2n) is 12.8. The average molecular weight is 552 g/mol. The molecule has 6 heteroatoms. The first kappa shape index (κ1) is 27.4. The maximum atomic E-state index is 14.1. The molecule has 3 aliphatic carbocycles. The van der Waals surface area contributed by atoms with Crippen molar-refractivity contribution in [2.75, 3.05) is 0 Å². The van der Waals surface area contributed by atoms with Crippen LogP contribution in [0.15, 0.2) is 48.5 Å². The maximum Gasteiger partial charge on any atom is 0.416 e. The van der Waals surface area contributed by atoms with Crippen LogP contribution < -0.4 is 0 Å². The van der Waals surface area contributed by atoms with Gasteiger partial charge in [-0.25, -0.2) is 4.39 Å². The van der Waals surface area contributed by atoms with E-state index in [1.807, 2.05) is 0 Å². The lowest BCUT2D eigenvalue weighted by Crippen LogP contribution is -2.25. The third-order valence-corrected chi connectivity index (χ3v) is 9.41. The van der Waals surface area contributed by atoms with Gasteiger partial charge in [0.25, 0.3) is 0 Å². The largest absolute Gasteiger partial charge is 0.416 e. The van der Waals surface area contributed by atoms with Gasteiger partial charge in [0.1, 0.15) is 5.82 Å². The third kappa shape index (κ3) is 5.20. The summed E-state index contributed by atoms with van der Waals surface area (Å²) < 4.78 is 54.5. The van der Waals surface area contributed by atoms with Crippen LogP contribution in [0.3, 0.4) is 0 Å². The molecule has 2 nitrogen and oxygen atoms in total. The minimum absolute atomic E-state index is 0.124. The Balaban J connectivity index is 1.63. The Labute approximate surface area is 233 Å². The summed E-state index contributed by atoms with van der Waals surface area (Å²) in [5.41, 5.74) is 5.86. The molecule has 2 aromatic carbocycles. The number of rotatable bonds is 6. The molecule has 0 radical (unpaired) electrons. The van der Waals surface area contributed by atoms with Crippen LogP contribution in [0.1, 0.15) is 117 Å². The van der Waals surface area contributed by atoms with Crippen LogP contribution in [-0.2, 0) is 12.6 Å². The molecule has 1 N–H and O–H groups in total. The number of benzene rings is 2. The second kappa shape index (κ2) is 10.3. The molecule has 3 aliphatic rings. The Morgan fingerprint density at radius 1 is 0.975 bits per heavy atom. The van der Waals surface area contributed by atoms with E-state index in [0.717, 1.165) is 90.6 Å².